The summed E-state index contributed by atoms with van der Waals surface area (Å²) >= 11 is 0. The van der Waals surface area contributed by atoms with Gasteiger partial charge in [0.05, 0.1) is 5.69 Å². The molecule has 0 aliphatic carbocycles. The molecule has 0 saturated heterocycles. The first-order valence-corrected chi connectivity index (χ1v) is 19.8. The van der Waals surface area contributed by atoms with E-state index in [0.717, 1.165) is 50.1 Å². The number of fused-ring (bicyclic) bond motifs is 6. The first-order valence-electron chi connectivity index (χ1n) is 19.8. The molecular formula is C56H37NO. The SMILES string of the molecule is c1ccc(-c2ccc(-c3c(N(c4ccc(-c5ccccc5)cc4)c4ccc(-c5cc6ccccc6c6ccccc56)cc4)ccc4oc5ccccc5c34)cc2)cc1. The Hall–Kier alpha value is -7.68. The second kappa shape index (κ2) is 14.1. The average Bonchev–Trinajstić information content (AvgIpc) is 3.69. The summed E-state index contributed by atoms with van der Waals surface area (Å²) in [6, 6.07) is 80.7. The van der Waals surface area contributed by atoms with Crippen molar-refractivity contribution in [1.29, 1.82) is 0 Å². The largest absolute Gasteiger partial charge is 0.456 e. The maximum Gasteiger partial charge on any atom is 0.136 e. The van der Waals surface area contributed by atoms with Gasteiger partial charge in [-0.15, -0.1) is 0 Å². The molecule has 2 heteroatoms. The number of anilines is 3. The Bertz CT molecular complexity index is 3240. The van der Waals surface area contributed by atoms with Crippen LogP contribution in [-0.2, 0) is 0 Å². The highest BCUT2D eigenvalue weighted by atomic mass is 16.3. The van der Waals surface area contributed by atoms with Crippen LogP contribution in [-0.4, -0.2) is 0 Å². The smallest absolute Gasteiger partial charge is 0.136 e. The van der Waals surface area contributed by atoms with E-state index in [4.69, 9.17) is 4.42 Å². The van der Waals surface area contributed by atoms with E-state index in [9.17, 15) is 0 Å². The second-order valence-electron chi connectivity index (χ2n) is 14.9. The van der Waals surface area contributed by atoms with Crippen molar-refractivity contribution in [1.82, 2.24) is 0 Å². The lowest BCUT2D eigenvalue weighted by molar-refractivity contribution is 0.669. The van der Waals surface area contributed by atoms with E-state index in [-0.39, 0.29) is 0 Å². The van der Waals surface area contributed by atoms with Gasteiger partial charge < -0.3 is 9.32 Å². The summed E-state index contributed by atoms with van der Waals surface area (Å²) in [7, 11) is 0. The maximum absolute atomic E-state index is 6.53. The Balaban J connectivity index is 1.12. The van der Waals surface area contributed by atoms with Crippen LogP contribution in [0.1, 0.15) is 0 Å². The van der Waals surface area contributed by atoms with Crippen molar-refractivity contribution in [3.63, 3.8) is 0 Å². The van der Waals surface area contributed by atoms with E-state index in [2.05, 4.69) is 223 Å². The molecule has 0 unspecified atom stereocenters. The number of furan rings is 1. The van der Waals surface area contributed by atoms with Gasteiger partial charge in [0.25, 0.3) is 0 Å². The van der Waals surface area contributed by atoms with Gasteiger partial charge in [-0.1, -0.05) is 176 Å². The molecule has 0 radical (unpaired) electrons. The average molecular weight is 740 g/mol. The van der Waals surface area contributed by atoms with Gasteiger partial charge in [-0.25, -0.2) is 0 Å². The van der Waals surface area contributed by atoms with Crippen LogP contribution < -0.4 is 4.90 Å². The van der Waals surface area contributed by atoms with Crippen LogP contribution in [0.5, 0.6) is 0 Å². The Kier molecular flexibility index (Phi) is 8.19. The van der Waals surface area contributed by atoms with E-state index >= 15 is 0 Å². The quantitative estimate of drug-likeness (QED) is 0.151. The van der Waals surface area contributed by atoms with E-state index < -0.39 is 0 Å². The lowest BCUT2D eigenvalue weighted by atomic mass is 9.93. The normalized spacial score (nSPS) is 11.4. The molecule has 0 amide bonds. The van der Waals surface area contributed by atoms with E-state index in [1.54, 1.807) is 0 Å². The summed E-state index contributed by atoms with van der Waals surface area (Å²) in [5.41, 5.74) is 14.3. The van der Waals surface area contributed by atoms with Crippen LogP contribution in [0.25, 0.3) is 88.0 Å². The molecule has 2 nitrogen and oxygen atoms in total. The maximum atomic E-state index is 6.53. The first kappa shape index (κ1) is 33.6. The molecule has 0 spiro atoms. The molecule has 11 aromatic rings. The number of para-hydroxylation sites is 1. The molecule has 0 atom stereocenters. The van der Waals surface area contributed by atoms with Crippen molar-refractivity contribution in [2.45, 2.75) is 0 Å². The van der Waals surface area contributed by atoms with Crippen LogP contribution in [0.3, 0.4) is 0 Å². The summed E-state index contributed by atoms with van der Waals surface area (Å²) in [4.78, 5) is 2.40. The molecule has 11 rings (SSSR count). The minimum Gasteiger partial charge on any atom is -0.456 e. The van der Waals surface area contributed by atoms with Crippen molar-refractivity contribution in [2.24, 2.45) is 0 Å². The van der Waals surface area contributed by atoms with Gasteiger partial charge in [-0.2, -0.15) is 0 Å². The van der Waals surface area contributed by atoms with Crippen LogP contribution >= 0.6 is 0 Å². The Morgan fingerprint density at radius 2 is 0.793 bits per heavy atom. The molecule has 0 aliphatic rings. The molecule has 0 saturated carbocycles. The van der Waals surface area contributed by atoms with Gasteiger partial charge in [-0.3, -0.25) is 0 Å². The van der Waals surface area contributed by atoms with Gasteiger partial charge in [0, 0.05) is 27.7 Å². The molecule has 0 N–H and O–H groups in total. The van der Waals surface area contributed by atoms with Crippen molar-refractivity contribution in [3.8, 4) is 44.5 Å². The summed E-state index contributed by atoms with van der Waals surface area (Å²) in [5, 5.41) is 7.23. The Morgan fingerprint density at radius 3 is 1.45 bits per heavy atom. The highest BCUT2D eigenvalue weighted by Gasteiger charge is 2.23. The fourth-order valence-corrected chi connectivity index (χ4v) is 8.69. The number of rotatable bonds is 7. The minimum atomic E-state index is 0.866. The minimum absolute atomic E-state index is 0.866. The number of hydrogen-bond donors (Lipinski definition) is 0. The van der Waals surface area contributed by atoms with Gasteiger partial charge in [0.1, 0.15) is 11.2 Å². The molecule has 0 bridgehead atoms. The van der Waals surface area contributed by atoms with Crippen LogP contribution in [0, 0.1) is 0 Å². The fraction of sp³-hybridized carbons (Fsp3) is 0. The predicted octanol–water partition coefficient (Wildman–Crippen LogP) is 16.0. The van der Waals surface area contributed by atoms with Crippen LogP contribution in [0.2, 0.25) is 0 Å². The molecule has 58 heavy (non-hydrogen) atoms. The molecule has 1 heterocycles. The Morgan fingerprint density at radius 1 is 0.310 bits per heavy atom. The summed E-state index contributed by atoms with van der Waals surface area (Å²) in [6.07, 6.45) is 0. The van der Waals surface area contributed by atoms with Crippen molar-refractivity contribution in [2.75, 3.05) is 4.90 Å². The second-order valence-corrected chi connectivity index (χ2v) is 14.9. The monoisotopic (exact) mass is 739 g/mol. The third kappa shape index (κ3) is 5.82. The number of benzene rings is 10. The summed E-state index contributed by atoms with van der Waals surface area (Å²) in [5.74, 6) is 0. The third-order valence-electron chi connectivity index (χ3n) is 11.5. The van der Waals surface area contributed by atoms with Gasteiger partial charge in [0.2, 0.25) is 0 Å². The molecule has 0 aliphatic heterocycles. The van der Waals surface area contributed by atoms with Gasteiger partial charge in [0.15, 0.2) is 0 Å². The topological polar surface area (TPSA) is 16.4 Å². The first-order chi connectivity index (χ1) is 28.8. The van der Waals surface area contributed by atoms with Crippen molar-refractivity contribution in [3.05, 3.63) is 224 Å². The molecule has 10 aromatic carbocycles. The lowest BCUT2D eigenvalue weighted by Crippen LogP contribution is -2.11. The predicted molar refractivity (Wildman–Crippen MR) is 245 cm³/mol. The zero-order valence-electron chi connectivity index (χ0n) is 31.7. The third-order valence-corrected chi connectivity index (χ3v) is 11.5. The standard InChI is InChI=1S/C56H37NO/c1-3-13-38(14-4-1)40-23-25-43(26-24-40)55-52(35-36-54-56(55)50-21-11-12-22-53(50)58-54)57(45-31-27-41(28-32-45)39-15-5-2-6-16-39)46-33-29-42(30-34-46)51-37-44-17-7-8-18-47(44)48-19-9-10-20-49(48)51/h1-37H. The number of hydrogen-bond acceptors (Lipinski definition) is 2. The summed E-state index contributed by atoms with van der Waals surface area (Å²) < 4.78 is 6.53. The number of nitrogens with zero attached hydrogens (tertiary/aromatic N) is 1. The summed E-state index contributed by atoms with van der Waals surface area (Å²) in [6.45, 7) is 0. The van der Waals surface area contributed by atoms with Crippen LogP contribution in [0.4, 0.5) is 17.1 Å². The van der Waals surface area contributed by atoms with Gasteiger partial charge >= 0.3 is 0 Å². The van der Waals surface area contributed by atoms with Crippen molar-refractivity contribution < 1.29 is 4.42 Å². The van der Waals surface area contributed by atoms with E-state index in [1.165, 1.54) is 54.9 Å². The zero-order chi connectivity index (χ0) is 38.4. The fourth-order valence-electron chi connectivity index (χ4n) is 8.69. The molecule has 272 valence electrons. The zero-order valence-corrected chi connectivity index (χ0v) is 31.7. The molecule has 0 fully saturated rings. The van der Waals surface area contributed by atoms with Crippen LogP contribution in [0.15, 0.2) is 229 Å². The Labute approximate surface area is 337 Å². The lowest BCUT2D eigenvalue weighted by Gasteiger charge is -2.29. The van der Waals surface area contributed by atoms with E-state index in [0.29, 0.717) is 0 Å². The van der Waals surface area contributed by atoms with Gasteiger partial charge in [-0.05, 0) is 109 Å². The molecular weight excluding hydrogens is 703 g/mol. The van der Waals surface area contributed by atoms with E-state index in [1.807, 2.05) is 6.07 Å². The molecule has 1 aromatic heterocycles. The highest BCUT2D eigenvalue weighted by molar-refractivity contribution is 6.17. The highest BCUT2D eigenvalue weighted by Crippen LogP contribution is 2.48. The van der Waals surface area contributed by atoms with Crippen molar-refractivity contribution >= 4 is 60.5 Å².